The average molecular weight is 784 g/mol. The van der Waals surface area contributed by atoms with E-state index in [0.29, 0.717) is 0 Å². The largest absolute Gasteiger partial charge is 0.310 e. The summed E-state index contributed by atoms with van der Waals surface area (Å²) in [5.41, 5.74) is 18.4. The molecule has 2 heteroatoms. The number of benzene rings is 9. The van der Waals surface area contributed by atoms with E-state index in [1.165, 1.54) is 86.9 Å². The van der Waals surface area contributed by atoms with Crippen molar-refractivity contribution in [3.8, 4) is 33.4 Å². The summed E-state index contributed by atoms with van der Waals surface area (Å²) in [6, 6.07) is 79.1. The number of hydrogen-bond donors (Lipinski definition) is 0. The average Bonchev–Trinajstić information content (AvgIpc) is 3.91. The second kappa shape index (κ2) is 13.3. The summed E-state index contributed by atoms with van der Waals surface area (Å²) < 4.78 is 2.65. The van der Waals surface area contributed by atoms with E-state index in [0.717, 1.165) is 17.1 Å². The first-order chi connectivity index (χ1) is 29.5. The molecule has 0 N–H and O–H groups in total. The van der Waals surface area contributed by atoms with Crippen molar-refractivity contribution in [1.29, 1.82) is 0 Å². The maximum Gasteiger partial charge on any atom is 0.0468 e. The van der Waals surface area contributed by atoms with Crippen LogP contribution in [0.4, 0.5) is 17.1 Å². The van der Waals surface area contributed by atoms with Gasteiger partial charge >= 0.3 is 0 Å². The van der Waals surface area contributed by atoms with E-state index in [2.05, 4.69) is 231 Å². The molecule has 1 aromatic heterocycles. The van der Waals surface area contributed by atoms with Crippen molar-refractivity contribution in [1.82, 2.24) is 0 Å². The molecule has 2 unspecified atom stereocenters. The van der Waals surface area contributed by atoms with Crippen molar-refractivity contribution in [2.75, 3.05) is 4.90 Å². The van der Waals surface area contributed by atoms with Gasteiger partial charge in [-0.05, 0) is 129 Å². The van der Waals surface area contributed by atoms with E-state index in [9.17, 15) is 0 Å². The van der Waals surface area contributed by atoms with Crippen LogP contribution in [0.25, 0.3) is 53.6 Å². The van der Waals surface area contributed by atoms with E-state index in [4.69, 9.17) is 0 Å². The van der Waals surface area contributed by atoms with E-state index in [1.54, 1.807) is 0 Å². The lowest BCUT2D eigenvalue weighted by Gasteiger charge is -2.31. The molecule has 12 rings (SSSR count). The van der Waals surface area contributed by atoms with Crippen LogP contribution in [0.1, 0.15) is 47.2 Å². The van der Waals surface area contributed by atoms with Crippen molar-refractivity contribution >= 4 is 48.6 Å². The molecular weight excluding hydrogens is 743 g/mol. The van der Waals surface area contributed by atoms with Gasteiger partial charge in [-0.2, -0.15) is 0 Å². The Labute approximate surface area is 355 Å². The fraction of sp³-hybridized carbons (Fsp3) is 0.0690. The maximum atomic E-state index is 2.47. The molecule has 284 valence electrons. The predicted octanol–water partition coefficient (Wildman–Crippen LogP) is 15.9. The zero-order chi connectivity index (χ0) is 40.0. The number of hydrogen-bond acceptors (Lipinski definition) is 2. The summed E-state index contributed by atoms with van der Waals surface area (Å²) in [4.78, 5) is 2.47. The first-order valence-corrected chi connectivity index (χ1v) is 21.7. The summed E-state index contributed by atoms with van der Waals surface area (Å²) >= 11 is 1.87. The molecule has 9 aromatic carbocycles. The summed E-state index contributed by atoms with van der Waals surface area (Å²) in [6.45, 7) is 4.79. The van der Waals surface area contributed by atoms with Crippen molar-refractivity contribution < 1.29 is 0 Å². The molecule has 2 atom stereocenters. The number of anilines is 3. The highest BCUT2D eigenvalue weighted by atomic mass is 32.1. The predicted molar refractivity (Wildman–Crippen MR) is 254 cm³/mol. The zero-order valence-corrected chi connectivity index (χ0v) is 34.4. The molecule has 10 aromatic rings. The van der Waals surface area contributed by atoms with Gasteiger partial charge in [0.2, 0.25) is 0 Å². The van der Waals surface area contributed by atoms with Gasteiger partial charge in [-0.15, -0.1) is 11.3 Å². The highest BCUT2D eigenvalue weighted by Crippen LogP contribution is 2.56. The fourth-order valence-corrected chi connectivity index (χ4v) is 11.7. The third-order valence-electron chi connectivity index (χ3n) is 13.7. The lowest BCUT2D eigenvalue weighted by Crippen LogP contribution is -2.23. The summed E-state index contributed by atoms with van der Waals surface area (Å²) in [5, 5.41) is 2.65. The van der Waals surface area contributed by atoms with Crippen LogP contribution < -0.4 is 4.90 Å². The Kier molecular flexibility index (Phi) is 7.73. The molecular formula is C58H41NS. The quantitative estimate of drug-likeness (QED) is 0.162. The molecule has 0 saturated carbocycles. The van der Waals surface area contributed by atoms with Crippen LogP contribution in [-0.2, 0) is 10.8 Å². The molecule has 0 radical (unpaired) electrons. The van der Waals surface area contributed by atoms with Crippen LogP contribution in [0.15, 0.2) is 212 Å². The molecule has 2 aliphatic carbocycles. The molecule has 0 amide bonds. The van der Waals surface area contributed by atoms with Crippen molar-refractivity contribution in [3.05, 3.63) is 246 Å². The van der Waals surface area contributed by atoms with E-state index >= 15 is 0 Å². The van der Waals surface area contributed by atoms with Crippen LogP contribution in [0.2, 0.25) is 0 Å². The smallest absolute Gasteiger partial charge is 0.0468 e. The normalized spacial score (nSPS) is 17.3. The maximum absolute atomic E-state index is 2.47. The van der Waals surface area contributed by atoms with Crippen molar-refractivity contribution in [2.45, 2.75) is 24.7 Å². The minimum atomic E-state index is -0.307. The van der Waals surface area contributed by atoms with Gasteiger partial charge in [0.15, 0.2) is 0 Å². The van der Waals surface area contributed by atoms with Crippen LogP contribution in [-0.4, -0.2) is 0 Å². The van der Waals surface area contributed by atoms with Gasteiger partial charge in [0.05, 0.1) is 0 Å². The van der Waals surface area contributed by atoms with Gasteiger partial charge in [0.1, 0.15) is 0 Å². The summed E-state index contributed by atoms with van der Waals surface area (Å²) in [5.74, 6) is 0. The minimum Gasteiger partial charge on any atom is -0.310 e. The Balaban J connectivity index is 1.03. The zero-order valence-electron chi connectivity index (χ0n) is 33.6. The molecule has 0 bridgehead atoms. The lowest BCUT2D eigenvalue weighted by atomic mass is 9.74. The first-order valence-electron chi connectivity index (χ1n) is 20.9. The summed E-state index contributed by atoms with van der Waals surface area (Å²) in [6.07, 6.45) is 0. The molecule has 2 aliphatic rings. The number of nitrogens with zero attached hydrogens (tertiary/aromatic N) is 1. The number of fused-ring (bicyclic) bond motifs is 9. The van der Waals surface area contributed by atoms with Gasteiger partial charge < -0.3 is 4.90 Å². The molecule has 1 nitrogen and oxygen atoms in total. The minimum absolute atomic E-state index is 0.259. The molecule has 0 aliphatic heterocycles. The molecule has 60 heavy (non-hydrogen) atoms. The van der Waals surface area contributed by atoms with Crippen LogP contribution >= 0.6 is 11.3 Å². The van der Waals surface area contributed by atoms with Gasteiger partial charge in [-0.3, -0.25) is 0 Å². The third-order valence-corrected chi connectivity index (χ3v) is 14.8. The van der Waals surface area contributed by atoms with Crippen molar-refractivity contribution in [3.63, 3.8) is 0 Å². The highest BCUT2D eigenvalue weighted by molar-refractivity contribution is 7.25. The SMILES string of the molecule is CC1(c2ccccc2)c2ccccc2-c2cc(N(c3ccc(-c4ccc5c(c4)sc4ccccc45)cc3)c3ccc4c(c3)C(C)(c3ccccc3)c3ccccc3-4)ccc21. The Morgan fingerprint density at radius 2 is 0.833 bits per heavy atom. The van der Waals surface area contributed by atoms with E-state index in [-0.39, 0.29) is 10.8 Å². The summed E-state index contributed by atoms with van der Waals surface area (Å²) in [7, 11) is 0. The standard InChI is InChI=1S/C58H41NS/c1-57(40-15-5-3-6-16-40)52-23-13-10-20-46(52)50-36-43(31-34-53(50)57)59(42-28-25-38(26-29-42)39-27-32-49-48-21-11-14-24-55(48)60-56(49)35-39)44-30-33-47-45-19-9-12-22-51(45)58(2,54(47)37-44)41-17-7-4-8-18-41/h3-37H,1-2H3. The molecule has 0 spiro atoms. The number of rotatable bonds is 6. The van der Waals surface area contributed by atoms with E-state index < -0.39 is 0 Å². The van der Waals surface area contributed by atoms with Gasteiger partial charge in [0.25, 0.3) is 0 Å². The monoisotopic (exact) mass is 783 g/mol. The van der Waals surface area contributed by atoms with Crippen LogP contribution in [0.3, 0.4) is 0 Å². The molecule has 0 fully saturated rings. The van der Waals surface area contributed by atoms with Gasteiger partial charge in [-0.25, -0.2) is 0 Å². The van der Waals surface area contributed by atoms with Crippen LogP contribution in [0, 0.1) is 0 Å². The number of thiophene rings is 1. The Morgan fingerprint density at radius 3 is 1.55 bits per heavy atom. The Morgan fingerprint density at radius 1 is 0.333 bits per heavy atom. The molecule has 0 saturated heterocycles. The van der Waals surface area contributed by atoms with Crippen molar-refractivity contribution in [2.24, 2.45) is 0 Å². The third kappa shape index (κ3) is 5.04. The Hall–Kier alpha value is -7.00. The van der Waals surface area contributed by atoms with Gasteiger partial charge in [0, 0.05) is 48.1 Å². The van der Waals surface area contributed by atoms with E-state index in [1.807, 2.05) is 11.3 Å². The Bertz CT molecular complexity index is 3290. The second-order valence-electron chi connectivity index (χ2n) is 16.7. The molecule has 1 heterocycles. The topological polar surface area (TPSA) is 3.24 Å². The van der Waals surface area contributed by atoms with Crippen LogP contribution in [0.5, 0.6) is 0 Å². The fourth-order valence-electron chi connectivity index (χ4n) is 10.6. The highest BCUT2D eigenvalue weighted by Gasteiger charge is 2.42. The second-order valence-corrected chi connectivity index (χ2v) is 17.8. The first kappa shape index (κ1) is 35.0. The van der Waals surface area contributed by atoms with Gasteiger partial charge in [-0.1, -0.05) is 164 Å². The lowest BCUT2D eigenvalue weighted by molar-refractivity contribution is 0.713.